The van der Waals surface area contributed by atoms with Crippen LogP contribution in [0, 0.1) is 0 Å². The third kappa shape index (κ3) is 4.33. The second kappa shape index (κ2) is 7.81. The van der Waals surface area contributed by atoms with E-state index in [9.17, 15) is 9.59 Å². The zero-order valence-electron chi connectivity index (χ0n) is 11.3. The van der Waals surface area contributed by atoms with E-state index >= 15 is 0 Å². The van der Waals surface area contributed by atoms with Crippen LogP contribution >= 0.6 is 28.3 Å². The molecule has 0 aliphatic carbocycles. The van der Waals surface area contributed by atoms with Crippen LogP contribution in [0.25, 0.3) is 0 Å². The predicted octanol–water partition coefficient (Wildman–Crippen LogP) is 1.24. The maximum absolute atomic E-state index is 12.2. The monoisotopic (exact) mass is 363 g/mol. The van der Waals surface area contributed by atoms with Crippen LogP contribution in [0.5, 0.6) is 0 Å². The highest BCUT2D eigenvalue weighted by Crippen LogP contribution is 2.11. The fourth-order valence-electron chi connectivity index (χ4n) is 2.29. The molecule has 112 valence electrons. The van der Waals surface area contributed by atoms with Gasteiger partial charge in [-0.15, -0.1) is 12.4 Å². The summed E-state index contributed by atoms with van der Waals surface area (Å²) >= 11 is 3.31. The van der Waals surface area contributed by atoms with Crippen LogP contribution in [0.15, 0.2) is 27.6 Å². The predicted molar refractivity (Wildman–Crippen MR) is 84.3 cm³/mol. The molecule has 1 N–H and O–H groups in total. The lowest BCUT2D eigenvalue weighted by atomic mass is 10.1. The molecule has 0 aromatic carbocycles. The molecule has 1 aliphatic heterocycles. The Morgan fingerprint density at radius 2 is 2.05 bits per heavy atom. The van der Waals surface area contributed by atoms with E-state index in [2.05, 4.69) is 21.2 Å². The van der Waals surface area contributed by atoms with E-state index in [1.54, 1.807) is 12.3 Å². The highest BCUT2D eigenvalue weighted by molar-refractivity contribution is 9.10. The number of rotatable bonds is 3. The van der Waals surface area contributed by atoms with Crippen molar-refractivity contribution in [3.8, 4) is 0 Å². The number of carbonyl (C=O) groups excluding carboxylic acids is 1. The van der Waals surface area contributed by atoms with Crippen LogP contribution in [0.2, 0.25) is 0 Å². The third-order valence-corrected chi connectivity index (χ3v) is 3.98. The Balaban J connectivity index is 0.00000200. The largest absolute Gasteiger partial charge is 0.341 e. The lowest BCUT2D eigenvalue weighted by molar-refractivity contribution is -0.133. The molecule has 0 atom stereocenters. The zero-order chi connectivity index (χ0) is 13.8. The quantitative estimate of drug-likeness (QED) is 0.878. The number of aromatic nitrogens is 1. The Hall–Kier alpha value is -0.850. The molecular weight excluding hydrogens is 346 g/mol. The van der Waals surface area contributed by atoms with Crippen LogP contribution in [0.3, 0.4) is 0 Å². The van der Waals surface area contributed by atoms with Gasteiger partial charge in [0.25, 0.3) is 5.56 Å². The molecule has 1 saturated heterocycles. The van der Waals surface area contributed by atoms with Crippen molar-refractivity contribution in [1.29, 1.82) is 0 Å². The Bertz CT molecular complexity index is 513. The second-order valence-corrected chi connectivity index (χ2v) is 5.67. The Labute approximate surface area is 132 Å². The topological polar surface area (TPSA) is 54.3 Å². The Morgan fingerprint density at radius 1 is 1.40 bits per heavy atom. The minimum absolute atomic E-state index is 0. The van der Waals surface area contributed by atoms with Crippen molar-refractivity contribution < 1.29 is 4.79 Å². The molecule has 5 nitrogen and oxygen atoms in total. The van der Waals surface area contributed by atoms with Gasteiger partial charge in [-0.2, -0.15) is 0 Å². The van der Waals surface area contributed by atoms with Crippen molar-refractivity contribution in [2.45, 2.75) is 25.4 Å². The van der Waals surface area contributed by atoms with Gasteiger partial charge in [-0.3, -0.25) is 9.59 Å². The van der Waals surface area contributed by atoms with E-state index in [0.29, 0.717) is 6.04 Å². The summed E-state index contributed by atoms with van der Waals surface area (Å²) in [4.78, 5) is 25.6. The number of carbonyl (C=O) groups is 1. The van der Waals surface area contributed by atoms with Crippen molar-refractivity contribution >= 4 is 34.2 Å². The molecular formula is C13H19BrClN3O2. The van der Waals surface area contributed by atoms with Crippen molar-refractivity contribution in [1.82, 2.24) is 14.8 Å². The maximum atomic E-state index is 12.2. The summed E-state index contributed by atoms with van der Waals surface area (Å²) < 4.78 is 2.24. The van der Waals surface area contributed by atoms with E-state index < -0.39 is 0 Å². The summed E-state index contributed by atoms with van der Waals surface area (Å²) in [5.41, 5.74) is -0.151. The number of nitrogens with zero attached hydrogens (tertiary/aromatic N) is 2. The zero-order valence-corrected chi connectivity index (χ0v) is 13.7. The molecule has 1 amide bonds. The van der Waals surface area contributed by atoms with Gasteiger partial charge in [0.15, 0.2) is 0 Å². The number of halogens is 2. The number of piperidine rings is 1. The number of hydrogen-bond donors (Lipinski definition) is 1. The molecule has 0 bridgehead atoms. The molecule has 1 fully saturated rings. The number of pyridine rings is 1. The maximum Gasteiger partial charge on any atom is 0.251 e. The van der Waals surface area contributed by atoms with Crippen molar-refractivity contribution in [3.63, 3.8) is 0 Å². The number of nitrogens with one attached hydrogen (secondary N) is 1. The van der Waals surface area contributed by atoms with Crippen molar-refractivity contribution in [3.05, 3.63) is 33.2 Å². The first-order chi connectivity index (χ1) is 9.10. The van der Waals surface area contributed by atoms with Gasteiger partial charge in [0, 0.05) is 35.9 Å². The van der Waals surface area contributed by atoms with Gasteiger partial charge in [-0.25, -0.2) is 0 Å². The van der Waals surface area contributed by atoms with Crippen LogP contribution in [0.1, 0.15) is 12.8 Å². The van der Waals surface area contributed by atoms with Gasteiger partial charge in [-0.1, -0.05) is 0 Å². The van der Waals surface area contributed by atoms with E-state index in [0.717, 1.165) is 30.4 Å². The molecule has 2 heterocycles. The molecule has 0 unspecified atom stereocenters. The molecule has 1 aromatic heterocycles. The minimum atomic E-state index is -0.151. The summed E-state index contributed by atoms with van der Waals surface area (Å²) in [5.74, 6) is 0.00903. The summed E-state index contributed by atoms with van der Waals surface area (Å²) in [6.45, 7) is 1.63. The Kier molecular flexibility index (Phi) is 6.71. The molecule has 0 radical (unpaired) electrons. The lowest BCUT2D eigenvalue weighted by Crippen LogP contribution is -2.45. The van der Waals surface area contributed by atoms with Gasteiger partial charge in [0.05, 0.1) is 0 Å². The van der Waals surface area contributed by atoms with Gasteiger partial charge in [0.1, 0.15) is 6.54 Å². The smallest absolute Gasteiger partial charge is 0.251 e. The molecule has 0 spiro atoms. The summed E-state index contributed by atoms with van der Waals surface area (Å²) in [5, 5.41) is 3.23. The van der Waals surface area contributed by atoms with Crippen LogP contribution in [-0.2, 0) is 11.3 Å². The normalized spacial score (nSPS) is 15.8. The molecule has 1 aliphatic rings. The Morgan fingerprint density at radius 3 is 2.65 bits per heavy atom. The fourth-order valence-corrected chi connectivity index (χ4v) is 2.67. The van der Waals surface area contributed by atoms with Gasteiger partial charge in [0.2, 0.25) is 5.91 Å². The first-order valence-corrected chi connectivity index (χ1v) is 7.20. The molecule has 2 rings (SSSR count). The average Bonchev–Trinajstić information content (AvgIpc) is 2.43. The van der Waals surface area contributed by atoms with Crippen molar-refractivity contribution in [2.75, 3.05) is 20.1 Å². The first kappa shape index (κ1) is 17.2. The SMILES string of the molecule is CNC1CCN(C(=O)Cn2cc(Br)ccc2=O)CC1.Cl. The lowest BCUT2D eigenvalue weighted by Gasteiger charge is -2.32. The van der Waals surface area contributed by atoms with Crippen LogP contribution in [0.4, 0.5) is 0 Å². The fraction of sp³-hybridized carbons (Fsp3) is 0.538. The summed E-state index contributed by atoms with van der Waals surface area (Å²) in [6.07, 6.45) is 3.59. The van der Waals surface area contributed by atoms with Crippen LogP contribution < -0.4 is 10.9 Å². The minimum Gasteiger partial charge on any atom is -0.341 e. The number of amides is 1. The third-order valence-electron chi connectivity index (χ3n) is 3.51. The second-order valence-electron chi connectivity index (χ2n) is 4.76. The highest BCUT2D eigenvalue weighted by Gasteiger charge is 2.21. The summed E-state index contributed by atoms with van der Waals surface area (Å²) in [7, 11) is 1.95. The first-order valence-electron chi connectivity index (χ1n) is 6.41. The average molecular weight is 365 g/mol. The molecule has 20 heavy (non-hydrogen) atoms. The van der Waals surface area contributed by atoms with E-state index in [4.69, 9.17) is 0 Å². The van der Waals surface area contributed by atoms with Gasteiger partial charge < -0.3 is 14.8 Å². The summed E-state index contributed by atoms with van der Waals surface area (Å²) in [6, 6.07) is 3.64. The number of hydrogen-bond acceptors (Lipinski definition) is 3. The van der Waals surface area contributed by atoms with E-state index in [-0.39, 0.29) is 30.4 Å². The van der Waals surface area contributed by atoms with Crippen LogP contribution in [-0.4, -0.2) is 41.6 Å². The van der Waals surface area contributed by atoms with Gasteiger partial charge in [-0.05, 0) is 41.9 Å². The van der Waals surface area contributed by atoms with E-state index in [1.165, 1.54) is 10.6 Å². The molecule has 7 heteroatoms. The van der Waals surface area contributed by atoms with E-state index in [1.807, 2.05) is 11.9 Å². The van der Waals surface area contributed by atoms with Crippen molar-refractivity contribution in [2.24, 2.45) is 0 Å². The molecule has 0 saturated carbocycles. The van der Waals surface area contributed by atoms with Gasteiger partial charge >= 0.3 is 0 Å². The molecule has 1 aromatic rings. The highest BCUT2D eigenvalue weighted by atomic mass is 79.9. The number of likely N-dealkylation sites (tertiary alicyclic amines) is 1. The standard InChI is InChI=1S/C13H18BrN3O2.ClH/c1-15-11-4-6-16(7-5-11)13(19)9-17-8-10(14)2-3-12(17)18;/h2-3,8,11,15H,4-7,9H2,1H3;1H.